The van der Waals surface area contributed by atoms with E-state index < -0.39 is 10.0 Å². The van der Waals surface area contributed by atoms with Crippen molar-refractivity contribution >= 4 is 27.4 Å². The van der Waals surface area contributed by atoms with Gasteiger partial charge in [0.2, 0.25) is 10.0 Å². The van der Waals surface area contributed by atoms with Crippen molar-refractivity contribution in [2.75, 3.05) is 7.05 Å². The van der Waals surface area contributed by atoms with E-state index in [4.69, 9.17) is 0 Å². The number of nitrogens with one attached hydrogen (secondary N) is 3. The van der Waals surface area contributed by atoms with Crippen LogP contribution in [0.3, 0.4) is 0 Å². The van der Waals surface area contributed by atoms with E-state index in [2.05, 4.69) is 15.4 Å². The highest BCUT2D eigenvalue weighted by atomic mass is 32.2. The van der Waals surface area contributed by atoms with Crippen LogP contribution < -0.4 is 15.4 Å². The van der Waals surface area contributed by atoms with E-state index in [-0.39, 0.29) is 11.8 Å². The molecule has 0 spiro atoms. The molecule has 0 bridgehead atoms. The van der Waals surface area contributed by atoms with Gasteiger partial charge >= 0.3 is 6.03 Å². The van der Waals surface area contributed by atoms with E-state index in [9.17, 15) is 13.2 Å². The summed E-state index contributed by atoms with van der Waals surface area (Å²) >= 11 is 1.59. The zero-order valence-electron chi connectivity index (χ0n) is 12.7. The quantitative estimate of drug-likeness (QED) is 0.709. The highest BCUT2D eigenvalue weighted by molar-refractivity contribution is 7.88. The smallest absolute Gasteiger partial charge is 0.315 e. The van der Waals surface area contributed by atoms with Crippen LogP contribution in [-0.2, 0) is 28.9 Å². The molecular formula is C15H19N3O3S2. The molecule has 8 heteroatoms. The molecule has 6 nitrogen and oxygen atoms in total. The van der Waals surface area contributed by atoms with Crippen LogP contribution in [0.2, 0.25) is 0 Å². The fourth-order valence-electron chi connectivity index (χ4n) is 1.87. The maximum atomic E-state index is 11.7. The molecule has 1 heterocycles. The van der Waals surface area contributed by atoms with E-state index in [1.807, 2.05) is 16.8 Å². The largest absolute Gasteiger partial charge is 0.334 e. The Labute approximate surface area is 140 Å². The van der Waals surface area contributed by atoms with Crippen molar-refractivity contribution in [3.63, 3.8) is 0 Å². The average Bonchev–Trinajstić information content (AvgIpc) is 3.05. The Hall–Kier alpha value is -1.90. The lowest BCUT2D eigenvalue weighted by Gasteiger charge is -2.08. The second kappa shape index (κ2) is 8.09. The molecule has 3 N–H and O–H groups in total. The number of thiophene rings is 1. The maximum absolute atomic E-state index is 11.7. The van der Waals surface area contributed by atoms with Crippen molar-refractivity contribution in [2.24, 2.45) is 0 Å². The number of amides is 2. The van der Waals surface area contributed by atoms with Gasteiger partial charge in [-0.25, -0.2) is 17.9 Å². The highest BCUT2D eigenvalue weighted by Gasteiger charge is 2.08. The zero-order valence-corrected chi connectivity index (χ0v) is 14.3. The molecular weight excluding hydrogens is 334 g/mol. The van der Waals surface area contributed by atoms with Gasteiger partial charge in [-0.15, -0.1) is 0 Å². The van der Waals surface area contributed by atoms with Gasteiger partial charge in [0.25, 0.3) is 0 Å². The lowest BCUT2D eigenvalue weighted by Crippen LogP contribution is -2.34. The van der Waals surface area contributed by atoms with Gasteiger partial charge < -0.3 is 10.6 Å². The molecule has 124 valence electrons. The van der Waals surface area contributed by atoms with E-state index in [1.165, 1.54) is 7.05 Å². The van der Waals surface area contributed by atoms with Crippen LogP contribution in [0.4, 0.5) is 4.79 Å². The molecule has 1 aromatic heterocycles. The number of carbonyl (C=O) groups excluding carboxylic acids is 1. The third kappa shape index (κ3) is 6.01. The van der Waals surface area contributed by atoms with E-state index >= 15 is 0 Å². The van der Waals surface area contributed by atoms with Crippen molar-refractivity contribution in [2.45, 2.75) is 18.8 Å². The number of carbonyl (C=O) groups is 1. The summed E-state index contributed by atoms with van der Waals surface area (Å²) in [5.41, 5.74) is 2.67. The lowest BCUT2D eigenvalue weighted by atomic mass is 10.1. The number of hydrogen-bond acceptors (Lipinski definition) is 4. The minimum absolute atomic E-state index is 0.0572. The molecule has 2 rings (SSSR count). The fourth-order valence-corrected chi connectivity index (χ4v) is 3.31. The number of benzene rings is 1. The first kappa shape index (κ1) is 17.5. The molecule has 0 saturated carbocycles. The molecule has 1 aromatic carbocycles. The van der Waals surface area contributed by atoms with Gasteiger partial charge in [0.1, 0.15) is 0 Å². The maximum Gasteiger partial charge on any atom is 0.315 e. The molecule has 0 aliphatic carbocycles. The van der Waals surface area contributed by atoms with E-state index in [0.29, 0.717) is 18.7 Å². The molecule has 0 unspecified atom stereocenters. The molecule has 2 aromatic rings. The fraction of sp³-hybridized carbons (Fsp3) is 0.267. The first-order chi connectivity index (χ1) is 11.0. The second-order valence-corrected chi connectivity index (χ2v) is 7.65. The number of sulfonamides is 1. The number of urea groups is 1. The van der Waals surface area contributed by atoms with Crippen molar-refractivity contribution in [3.05, 3.63) is 57.8 Å². The Bertz CT molecular complexity index is 726. The van der Waals surface area contributed by atoms with Crippen LogP contribution in [0.25, 0.3) is 0 Å². The molecule has 0 fully saturated rings. The standard InChI is InChI=1S/C15H19N3O3S2/c1-16-23(20,21)11-13-4-2-12(3-5-13)8-17-15(19)18-9-14-6-7-22-10-14/h2-7,10,16H,8-9,11H2,1H3,(H2,17,18,19). The van der Waals surface area contributed by atoms with Crippen LogP contribution in [-0.4, -0.2) is 21.5 Å². The topological polar surface area (TPSA) is 87.3 Å². The molecule has 0 saturated heterocycles. The molecule has 0 atom stereocenters. The molecule has 23 heavy (non-hydrogen) atoms. The van der Waals surface area contributed by atoms with E-state index in [0.717, 1.165) is 11.1 Å². The summed E-state index contributed by atoms with van der Waals surface area (Å²) in [6, 6.07) is 8.82. The summed E-state index contributed by atoms with van der Waals surface area (Å²) in [6.45, 7) is 0.880. The Morgan fingerprint density at radius 3 is 2.17 bits per heavy atom. The molecule has 0 aliphatic rings. The normalized spacial score (nSPS) is 11.2. The summed E-state index contributed by atoms with van der Waals surface area (Å²) in [5.74, 6) is -0.0572. The summed E-state index contributed by atoms with van der Waals surface area (Å²) in [4.78, 5) is 11.7. The Morgan fingerprint density at radius 2 is 1.61 bits per heavy atom. The Morgan fingerprint density at radius 1 is 1.00 bits per heavy atom. The Balaban J connectivity index is 1.78. The Kier molecular flexibility index (Phi) is 6.14. The summed E-state index contributed by atoms with van der Waals surface area (Å²) < 4.78 is 25.2. The number of rotatable bonds is 7. The van der Waals surface area contributed by atoms with Gasteiger partial charge in [-0.1, -0.05) is 24.3 Å². The molecule has 0 radical (unpaired) electrons. The van der Waals surface area contributed by atoms with Gasteiger partial charge in [-0.05, 0) is 40.6 Å². The second-order valence-electron chi connectivity index (χ2n) is 4.95. The minimum atomic E-state index is -3.27. The van der Waals surface area contributed by atoms with Crippen molar-refractivity contribution in [1.29, 1.82) is 0 Å². The summed E-state index contributed by atoms with van der Waals surface area (Å²) in [6.07, 6.45) is 0. The average molecular weight is 353 g/mol. The van der Waals surface area contributed by atoms with Gasteiger partial charge in [-0.2, -0.15) is 11.3 Å². The van der Waals surface area contributed by atoms with Gasteiger partial charge in [0, 0.05) is 13.1 Å². The monoisotopic (exact) mass is 353 g/mol. The van der Waals surface area contributed by atoms with Gasteiger partial charge in [0.05, 0.1) is 5.75 Å². The van der Waals surface area contributed by atoms with Crippen LogP contribution in [0, 0.1) is 0 Å². The van der Waals surface area contributed by atoms with Gasteiger partial charge in [-0.3, -0.25) is 0 Å². The SMILES string of the molecule is CNS(=O)(=O)Cc1ccc(CNC(=O)NCc2ccsc2)cc1. The van der Waals surface area contributed by atoms with Gasteiger partial charge in [0.15, 0.2) is 0 Å². The zero-order chi connectivity index (χ0) is 16.7. The van der Waals surface area contributed by atoms with E-state index in [1.54, 1.807) is 35.6 Å². The van der Waals surface area contributed by atoms with Crippen molar-refractivity contribution < 1.29 is 13.2 Å². The lowest BCUT2D eigenvalue weighted by molar-refractivity contribution is 0.240. The summed E-state index contributed by atoms with van der Waals surface area (Å²) in [7, 11) is -1.88. The van der Waals surface area contributed by atoms with Crippen LogP contribution >= 0.6 is 11.3 Å². The number of hydrogen-bond donors (Lipinski definition) is 3. The first-order valence-corrected chi connectivity index (χ1v) is 9.60. The van der Waals surface area contributed by atoms with Crippen LogP contribution in [0.1, 0.15) is 16.7 Å². The predicted octanol–water partition coefficient (Wildman–Crippen LogP) is 1.80. The van der Waals surface area contributed by atoms with Crippen molar-refractivity contribution in [1.82, 2.24) is 15.4 Å². The molecule has 2 amide bonds. The highest BCUT2D eigenvalue weighted by Crippen LogP contribution is 2.08. The van der Waals surface area contributed by atoms with Crippen LogP contribution in [0.5, 0.6) is 0 Å². The third-order valence-electron chi connectivity index (χ3n) is 3.18. The predicted molar refractivity (Wildman–Crippen MR) is 91.5 cm³/mol. The minimum Gasteiger partial charge on any atom is -0.334 e. The summed E-state index contributed by atoms with van der Waals surface area (Å²) in [5, 5.41) is 9.48. The van der Waals surface area contributed by atoms with Crippen molar-refractivity contribution in [3.8, 4) is 0 Å². The van der Waals surface area contributed by atoms with Crippen LogP contribution in [0.15, 0.2) is 41.1 Å². The third-order valence-corrected chi connectivity index (χ3v) is 5.24. The first-order valence-electron chi connectivity index (χ1n) is 7.00. The molecule has 0 aliphatic heterocycles.